The van der Waals surface area contributed by atoms with Crippen molar-refractivity contribution >= 4 is 5.91 Å². The molecule has 3 aliphatic rings. The van der Waals surface area contributed by atoms with Crippen molar-refractivity contribution in [1.82, 2.24) is 4.90 Å². The highest BCUT2D eigenvalue weighted by molar-refractivity contribution is 5.79. The van der Waals surface area contributed by atoms with Crippen molar-refractivity contribution in [1.29, 1.82) is 0 Å². The first-order valence-corrected chi connectivity index (χ1v) is 8.11. The van der Waals surface area contributed by atoms with Crippen LogP contribution in [0, 0.1) is 5.92 Å². The van der Waals surface area contributed by atoms with Crippen LogP contribution in [-0.4, -0.2) is 48.8 Å². The van der Waals surface area contributed by atoms with Gasteiger partial charge in [0.2, 0.25) is 5.91 Å². The first-order valence-electron chi connectivity index (χ1n) is 8.11. The summed E-state index contributed by atoms with van der Waals surface area (Å²) in [5, 5.41) is 0. The van der Waals surface area contributed by atoms with Gasteiger partial charge in [0.15, 0.2) is 0 Å². The van der Waals surface area contributed by atoms with Crippen LogP contribution in [0.15, 0.2) is 24.8 Å². The highest BCUT2D eigenvalue weighted by atomic mass is 16.5. The molecule has 2 bridgehead atoms. The van der Waals surface area contributed by atoms with Crippen molar-refractivity contribution in [3.8, 4) is 0 Å². The zero-order valence-corrected chi connectivity index (χ0v) is 12.6. The van der Waals surface area contributed by atoms with E-state index in [-0.39, 0.29) is 24.2 Å². The topological polar surface area (TPSA) is 38.8 Å². The van der Waals surface area contributed by atoms with Crippen molar-refractivity contribution in [2.24, 2.45) is 5.92 Å². The van der Waals surface area contributed by atoms with Crippen molar-refractivity contribution in [2.45, 2.75) is 50.4 Å². The van der Waals surface area contributed by atoms with E-state index < -0.39 is 0 Å². The fourth-order valence-corrected chi connectivity index (χ4v) is 3.81. The molecule has 4 heteroatoms. The third-order valence-electron chi connectivity index (χ3n) is 4.86. The van der Waals surface area contributed by atoms with E-state index in [0.29, 0.717) is 25.7 Å². The Hall–Kier alpha value is -1.13. The molecule has 1 saturated carbocycles. The van der Waals surface area contributed by atoms with Crippen LogP contribution in [0.2, 0.25) is 0 Å². The van der Waals surface area contributed by atoms with Crippen molar-refractivity contribution in [3.05, 3.63) is 24.8 Å². The maximum Gasteiger partial charge on any atom is 0.226 e. The highest BCUT2D eigenvalue weighted by Gasteiger charge is 2.45. The van der Waals surface area contributed by atoms with Crippen molar-refractivity contribution in [3.63, 3.8) is 0 Å². The summed E-state index contributed by atoms with van der Waals surface area (Å²) >= 11 is 0. The third kappa shape index (κ3) is 3.06. The molecule has 1 aliphatic heterocycles. The molecule has 2 aliphatic carbocycles. The van der Waals surface area contributed by atoms with E-state index in [4.69, 9.17) is 9.47 Å². The summed E-state index contributed by atoms with van der Waals surface area (Å²) in [7, 11) is 0. The normalized spacial score (nSPS) is 35.5. The van der Waals surface area contributed by atoms with Gasteiger partial charge in [0.25, 0.3) is 0 Å². The molecule has 1 heterocycles. The molecule has 0 N–H and O–H groups in total. The number of allylic oxidation sites excluding steroid dienone is 2. The van der Waals surface area contributed by atoms with E-state index in [9.17, 15) is 4.79 Å². The fourth-order valence-electron chi connectivity index (χ4n) is 3.81. The van der Waals surface area contributed by atoms with Crippen LogP contribution in [0.25, 0.3) is 0 Å². The van der Waals surface area contributed by atoms with E-state index >= 15 is 0 Å². The number of hydrogen-bond acceptors (Lipinski definition) is 3. The third-order valence-corrected chi connectivity index (χ3v) is 4.86. The van der Waals surface area contributed by atoms with E-state index in [1.807, 2.05) is 4.90 Å². The summed E-state index contributed by atoms with van der Waals surface area (Å²) in [6.45, 7) is 5.57. The van der Waals surface area contributed by atoms with Gasteiger partial charge in [0, 0.05) is 12.5 Å². The second-order valence-electron chi connectivity index (χ2n) is 6.15. The lowest BCUT2D eigenvalue weighted by molar-refractivity contribution is -0.140. The summed E-state index contributed by atoms with van der Waals surface area (Å²) in [6, 6.07) is 0.177. The number of hydrogen-bond donors (Lipinski definition) is 0. The minimum absolute atomic E-state index is 0.00795. The smallest absolute Gasteiger partial charge is 0.226 e. The lowest BCUT2D eigenvalue weighted by atomic mass is 9.92. The van der Waals surface area contributed by atoms with Gasteiger partial charge in [-0.2, -0.15) is 0 Å². The van der Waals surface area contributed by atoms with Gasteiger partial charge in [0.05, 0.1) is 25.4 Å². The standard InChI is InChI=1S/C17H25NO3/c1-2-11-21-16-14-8-9-15(16)20-12-10-18(14)17(19)13-6-4-3-5-7-13/h2-4,13-16H,1,5-12H2. The number of ether oxygens (including phenoxy) is 2. The Morgan fingerprint density at radius 3 is 3.05 bits per heavy atom. The van der Waals surface area contributed by atoms with Crippen LogP contribution < -0.4 is 0 Å². The SMILES string of the molecule is C=CCOC1C2CCC1N(C(=O)C1CC=CCC1)CCO2. The van der Waals surface area contributed by atoms with E-state index in [1.54, 1.807) is 6.08 Å². The Balaban J connectivity index is 1.72. The molecule has 4 unspecified atom stereocenters. The summed E-state index contributed by atoms with van der Waals surface area (Å²) in [5.74, 6) is 0.440. The molecule has 0 aromatic carbocycles. The predicted molar refractivity (Wildman–Crippen MR) is 80.9 cm³/mol. The predicted octanol–water partition coefficient (Wildman–Crippen LogP) is 2.30. The molecule has 1 amide bonds. The number of nitrogens with zero attached hydrogens (tertiary/aromatic N) is 1. The van der Waals surface area contributed by atoms with Gasteiger partial charge in [-0.1, -0.05) is 18.2 Å². The molecular weight excluding hydrogens is 266 g/mol. The van der Waals surface area contributed by atoms with Gasteiger partial charge in [-0.3, -0.25) is 4.79 Å². The van der Waals surface area contributed by atoms with Gasteiger partial charge in [0.1, 0.15) is 6.10 Å². The molecule has 3 rings (SSSR count). The molecule has 0 aromatic heterocycles. The van der Waals surface area contributed by atoms with Crippen molar-refractivity contribution < 1.29 is 14.3 Å². The maximum absolute atomic E-state index is 12.9. The van der Waals surface area contributed by atoms with E-state index in [2.05, 4.69) is 18.7 Å². The molecule has 116 valence electrons. The minimum atomic E-state index is 0.00795. The molecule has 1 saturated heterocycles. The molecule has 0 spiro atoms. The van der Waals surface area contributed by atoms with Crippen LogP contribution in [0.3, 0.4) is 0 Å². The molecule has 0 aromatic rings. The summed E-state index contributed by atoms with van der Waals surface area (Å²) in [5.41, 5.74) is 0. The van der Waals surface area contributed by atoms with Crippen molar-refractivity contribution in [2.75, 3.05) is 19.8 Å². The molecule has 2 fully saturated rings. The van der Waals surface area contributed by atoms with Crippen LogP contribution in [-0.2, 0) is 14.3 Å². The van der Waals surface area contributed by atoms with Crippen LogP contribution in [0.1, 0.15) is 32.1 Å². The summed E-state index contributed by atoms with van der Waals surface area (Å²) in [6.07, 6.45) is 11.1. The maximum atomic E-state index is 12.9. The second kappa shape index (κ2) is 6.75. The Kier molecular flexibility index (Phi) is 4.76. The lowest BCUT2D eigenvalue weighted by Gasteiger charge is -2.34. The number of carbonyl (C=O) groups is 1. The van der Waals surface area contributed by atoms with Crippen LogP contribution in [0.5, 0.6) is 0 Å². The highest BCUT2D eigenvalue weighted by Crippen LogP contribution is 2.34. The van der Waals surface area contributed by atoms with E-state index in [0.717, 1.165) is 32.1 Å². The number of amides is 1. The Bertz CT molecular complexity index is 420. The molecule has 21 heavy (non-hydrogen) atoms. The average molecular weight is 291 g/mol. The minimum Gasteiger partial charge on any atom is -0.374 e. The zero-order valence-electron chi connectivity index (χ0n) is 12.6. The van der Waals surface area contributed by atoms with Crippen LogP contribution in [0.4, 0.5) is 0 Å². The largest absolute Gasteiger partial charge is 0.374 e. The Morgan fingerprint density at radius 1 is 1.38 bits per heavy atom. The molecule has 4 atom stereocenters. The molecule has 0 radical (unpaired) electrons. The average Bonchev–Trinajstić information content (AvgIpc) is 2.81. The number of fused-ring (bicyclic) bond motifs is 2. The van der Waals surface area contributed by atoms with Crippen LogP contribution >= 0.6 is 0 Å². The van der Waals surface area contributed by atoms with Gasteiger partial charge in [-0.05, 0) is 32.1 Å². The van der Waals surface area contributed by atoms with E-state index in [1.165, 1.54) is 0 Å². The van der Waals surface area contributed by atoms with Gasteiger partial charge < -0.3 is 14.4 Å². The Morgan fingerprint density at radius 2 is 2.29 bits per heavy atom. The quantitative estimate of drug-likeness (QED) is 0.746. The second-order valence-corrected chi connectivity index (χ2v) is 6.15. The summed E-state index contributed by atoms with van der Waals surface area (Å²) in [4.78, 5) is 14.9. The summed E-state index contributed by atoms with van der Waals surface area (Å²) < 4.78 is 11.8. The van der Waals surface area contributed by atoms with Gasteiger partial charge in [-0.15, -0.1) is 6.58 Å². The number of rotatable bonds is 4. The monoisotopic (exact) mass is 291 g/mol. The van der Waals surface area contributed by atoms with Gasteiger partial charge >= 0.3 is 0 Å². The zero-order chi connectivity index (χ0) is 14.7. The lowest BCUT2D eigenvalue weighted by Crippen LogP contribution is -2.48. The number of carbonyl (C=O) groups excluding carboxylic acids is 1. The van der Waals surface area contributed by atoms with Gasteiger partial charge in [-0.25, -0.2) is 0 Å². The Labute approximate surface area is 126 Å². The first-order chi connectivity index (χ1) is 10.3. The molecule has 4 nitrogen and oxygen atoms in total. The fraction of sp³-hybridized carbons (Fsp3) is 0.706. The molecular formula is C17H25NO3. The first kappa shape index (κ1) is 14.8.